The number of benzene rings is 1. The highest BCUT2D eigenvalue weighted by Gasteiger charge is 2.08. The van der Waals surface area contributed by atoms with Crippen molar-refractivity contribution in [2.45, 2.75) is 6.61 Å². The van der Waals surface area contributed by atoms with Crippen molar-refractivity contribution in [1.29, 1.82) is 0 Å². The zero-order valence-electron chi connectivity index (χ0n) is 6.75. The van der Waals surface area contributed by atoms with E-state index in [1.165, 1.54) is 0 Å². The van der Waals surface area contributed by atoms with Crippen LogP contribution >= 0.6 is 27.3 Å². The van der Waals surface area contributed by atoms with Gasteiger partial charge in [-0.25, -0.2) is 0 Å². The lowest BCUT2D eigenvalue weighted by Gasteiger charge is -2.04. The predicted octanol–water partition coefficient (Wildman–Crippen LogP) is 2.74. The molecule has 2 nitrogen and oxygen atoms in total. The molecule has 0 radical (unpaired) electrons. The van der Waals surface area contributed by atoms with Crippen molar-refractivity contribution in [2.24, 2.45) is 0 Å². The highest BCUT2D eigenvalue weighted by molar-refractivity contribution is 9.10. The summed E-state index contributed by atoms with van der Waals surface area (Å²) in [6, 6.07) is 3.81. The van der Waals surface area contributed by atoms with Crippen molar-refractivity contribution in [3.63, 3.8) is 0 Å². The molecule has 3 N–H and O–H groups in total. The maximum Gasteiger partial charge on any atom is 0.0707 e. The first-order valence-corrected chi connectivity index (χ1v) is 5.46. The third kappa shape index (κ3) is 1.35. The van der Waals surface area contributed by atoms with Crippen molar-refractivity contribution in [3.8, 4) is 0 Å². The van der Waals surface area contributed by atoms with E-state index in [9.17, 15) is 0 Å². The third-order valence-corrected chi connectivity index (χ3v) is 3.66. The lowest BCUT2D eigenvalue weighted by atomic mass is 10.1. The number of hydrogen-bond acceptors (Lipinski definition) is 3. The van der Waals surface area contributed by atoms with Gasteiger partial charge in [0.2, 0.25) is 0 Å². The number of hydrogen-bond donors (Lipinski definition) is 2. The molecule has 0 atom stereocenters. The van der Waals surface area contributed by atoms with E-state index in [0.29, 0.717) is 0 Å². The summed E-state index contributed by atoms with van der Waals surface area (Å²) < 4.78 is 1.94. The highest BCUT2D eigenvalue weighted by atomic mass is 79.9. The summed E-state index contributed by atoms with van der Waals surface area (Å²) in [6.07, 6.45) is 0. The summed E-state index contributed by atoms with van der Waals surface area (Å²) in [6.45, 7) is 0.0396. The molecule has 0 aliphatic rings. The van der Waals surface area contributed by atoms with Gasteiger partial charge in [0.05, 0.1) is 6.61 Å². The second kappa shape index (κ2) is 3.29. The Kier molecular flexibility index (Phi) is 2.27. The number of nitrogens with two attached hydrogens (primary N) is 1. The standard InChI is InChI=1S/C9H8BrNOS/c10-7-3-8(11)5-1-2-13-9(5)6(7)4-12/h1-3,12H,4,11H2. The van der Waals surface area contributed by atoms with Gasteiger partial charge in [-0.3, -0.25) is 0 Å². The minimum absolute atomic E-state index is 0.0396. The number of thiophene rings is 1. The van der Waals surface area contributed by atoms with Crippen LogP contribution in [0.3, 0.4) is 0 Å². The SMILES string of the molecule is Nc1cc(Br)c(CO)c2sccc12. The summed E-state index contributed by atoms with van der Waals surface area (Å²) in [5.74, 6) is 0. The fourth-order valence-corrected chi connectivity index (χ4v) is 3.00. The molecule has 1 aromatic carbocycles. The topological polar surface area (TPSA) is 46.2 Å². The van der Waals surface area contributed by atoms with Gasteiger partial charge in [0.15, 0.2) is 0 Å². The van der Waals surface area contributed by atoms with Gasteiger partial charge in [0.25, 0.3) is 0 Å². The molecule has 0 aliphatic heterocycles. The second-order valence-electron chi connectivity index (χ2n) is 2.75. The van der Waals surface area contributed by atoms with Crippen LogP contribution in [0.25, 0.3) is 10.1 Å². The Morgan fingerprint density at radius 2 is 2.31 bits per heavy atom. The summed E-state index contributed by atoms with van der Waals surface area (Å²) in [5.41, 5.74) is 7.49. The molecule has 0 saturated carbocycles. The first-order chi connectivity index (χ1) is 6.24. The number of aliphatic hydroxyl groups is 1. The van der Waals surface area contributed by atoms with E-state index in [4.69, 9.17) is 10.8 Å². The predicted molar refractivity (Wildman–Crippen MR) is 59.9 cm³/mol. The normalized spacial score (nSPS) is 10.9. The maximum absolute atomic E-state index is 9.16. The maximum atomic E-state index is 9.16. The first kappa shape index (κ1) is 8.99. The molecule has 68 valence electrons. The van der Waals surface area contributed by atoms with Gasteiger partial charge in [-0.05, 0) is 17.5 Å². The molecule has 4 heteroatoms. The quantitative estimate of drug-likeness (QED) is 0.772. The van der Waals surface area contributed by atoms with Gasteiger partial charge in [0, 0.05) is 25.8 Å². The summed E-state index contributed by atoms with van der Waals surface area (Å²) in [7, 11) is 0. The van der Waals surface area contributed by atoms with Crippen LogP contribution < -0.4 is 5.73 Å². The highest BCUT2D eigenvalue weighted by Crippen LogP contribution is 2.34. The molecular formula is C9H8BrNOS. The molecule has 2 aromatic rings. The van der Waals surface area contributed by atoms with Crippen molar-refractivity contribution < 1.29 is 5.11 Å². The van der Waals surface area contributed by atoms with Crippen LogP contribution in [0.5, 0.6) is 0 Å². The smallest absolute Gasteiger partial charge is 0.0707 e. The molecule has 0 bridgehead atoms. The van der Waals surface area contributed by atoms with Crippen molar-refractivity contribution in [2.75, 3.05) is 5.73 Å². The van der Waals surface area contributed by atoms with Crippen molar-refractivity contribution in [1.82, 2.24) is 0 Å². The van der Waals surface area contributed by atoms with Crippen LogP contribution in [0.1, 0.15) is 5.56 Å². The zero-order valence-corrected chi connectivity index (χ0v) is 9.15. The molecule has 1 aromatic heterocycles. The van der Waals surface area contributed by atoms with Crippen molar-refractivity contribution in [3.05, 3.63) is 27.5 Å². The van der Waals surface area contributed by atoms with Gasteiger partial charge >= 0.3 is 0 Å². The molecule has 0 fully saturated rings. The van der Waals surface area contributed by atoms with Crippen LogP contribution in [0.4, 0.5) is 5.69 Å². The van der Waals surface area contributed by atoms with E-state index >= 15 is 0 Å². The number of rotatable bonds is 1. The van der Waals surface area contributed by atoms with Crippen LogP contribution in [0, 0.1) is 0 Å². The molecule has 1 heterocycles. The third-order valence-electron chi connectivity index (χ3n) is 1.98. The number of anilines is 1. The van der Waals surface area contributed by atoms with Crippen LogP contribution in [0.15, 0.2) is 22.0 Å². The molecule has 2 rings (SSSR count). The van der Waals surface area contributed by atoms with Gasteiger partial charge in [0.1, 0.15) is 0 Å². The van der Waals surface area contributed by atoms with Gasteiger partial charge in [-0.15, -0.1) is 11.3 Å². The Hall–Kier alpha value is -0.580. The molecule has 0 unspecified atom stereocenters. The summed E-state index contributed by atoms with van der Waals surface area (Å²) in [5, 5.41) is 12.2. The summed E-state index contributed by atoms with van der Waals surface area (Å²) >= 11 is 4.98. The van der Waals surface area contributed by atoms with E-state index < -0.39 is 0 Å². The van der Waals surface area contributed by atoms with Crippen molar-refractivity contribution >= 4 is 43.0 Å². The minimum atomic E-state index is 0.0396. The van der Waals surface area contributed by atoms with E-state index in [0.717, 1.165) is 25.8 Å². The Morgan fingerprint density at radius 3 is 3.00 bits per heavy atom. The average molecular weight is 258 g/mol. The Morgan fingerprint density at radius 1 is 1.54 bits per heavy atom. The van der Waals surface area contributed by atoms with Crippen LogP contribution in [0.2, 0.25) is 0 Å². The van der Waals surface area contributed by atoms with Crippen LogP contribution in [-0.2, 0) is 6.61 Å². The molecule has 0 amide bonds. The monoisotopic (exact) mass is 257 g/mol. The minimum Gasteiger partial charge on any atom is -0.398 e. The molecule has 13 heavy (non-hydrogen) atoms. The van der Waals surface area contributed by atoms with Gasteiger partial charge in [-0.1, -0.05) is 15.9 Å². The molecule has 0 aliphatic carbocycles. The molecule has 0 spiro atoms. The average Bonchev–Trinajstić information content (AvgIpc) is 2.53. The number of nitrogen functional groups attached to an aromatic ring is 1. The van der Waals surface area contributed by atoms with Gasteiger partial charge in [-0.2, -0.15) is 0 Å². The van der Waals surface area contributed by atoms with Crippen LogP contribution in [-0.4, -0.2) is 5.11 Å². The number of fused-ring (bicyclic) bond motifs is 1. The second-order valence-corrected chi connectivity index (χ2v) is 4.52. The Labute approximate surface area is 88.1 Å². The zero-order chi connectivity index (χ0) is 9.42. The van der Waals surface area contributed by atoms with E-state index in [1.54, 1.807) is 11.3 Å². The lowest BCUT2D eigenvalue weighted by molar-refractivity contribution is 0.283. The molecule has 0 saturated heterocycles. The van der Waals surface area contributed by atoms with Gasteiger partial charge < -0.3 is 10.8 Å². The Balaban J connectivity index is 2.88. The lowest BCUT2D eigenvalue weighted by Crippen LogP contribution is -1.90. The Bertz CT molecular complexity index is 452. The summed E-state index contributed by atoms with van der Waals surface area (Å²) in [4.78, 5) is 0. The largest absolute Gasteiger partial charge is 0.398 e. The molecular weight excluding hydrogens is 250 g/mol. The van der Waals surface area contributed by atoms with E-state index in [2.05, 4.69) is 15.9 Å². The fourth-order valence-electron chi connectivity index (χ4n) is 1.33. The fraction of sp³-hybridized carbons (Fsp3) is 0.111. The van der Waals surface area contributed by atoms with E-state index in [-0.39, 0.29) is 6.61 Å². The number of halogens is 1. The van der Waals surface area contributed by atoms with E-state index in [1.807, 2.05) is 17.5 Å². The number of aliphatic hydroxyl groups excluding tert-OH is 1. The first-order valence-electron chi connectivity index (χ1n) is 3.79.